The highest BCUT2D eigenvalue weighted by molar-refractivity contribution is 5.21. The molecule has 5 heteroatoms. The Balaban J connectivity index is 2.01. The van der Waals surface area contributed by atoms with E-state index in [4.69, 9.17) is 5.73 Å². The van der Waals surface area contributed by atoms with E-state index in [-0.39, 0.29) is 6.04 Å². The molecule has 0 spiro atoms. The Morgan fingerprint density at radius 2 is 1.94 bits per heavy atom. The zero-order valence-corrected chi connectivity index (χ0v) is 10.1. The summed E-state index contributed by atoms with van der Waals surface area (Å²) in [5, 5.41) is 4.05. The summed E-state index contributed by atoms with van der Waals surface area (Å²) in [5.41, 5.74) is 7.47. The zero-order valence-electron chi connectivity index (χ0n) is 10.1. The lowest BCUT2D eigenvalue weighted by Gasteiger charge is -2.11. The predicted molar refractivity (Wildman–Crippen MR) is 64.8 cm³/mol. The molecule has 1 unspecified atom stereocenters. The van der Waals surface area contributed by atoms with Crippen molar-refractivity contribution in [1.82, 2.24) is 9.78 Å². The van der Waals surface area contributed by atoms with Crippen molar-refractivity contribution in [3.05, 3.63) is 53.4 Å². The molecule has 18 heavy (non-hydrogen) atoms. The smallest absolute Gasteiger partial charge is 0.126 e. The fourth-order valence-corrected chi connectivity index (χ4v) is 1.88. The SMILES string of the molecule is Cn1cc(CCC(N)c2cc(F)cc(F)c2)cn1. The van der Waals surface area contributed by atoms with E-state index < -0.39 is 11.6 Å². The molecule has 0 aliphatic heterocycles. The number of halogens is 2. The molecule has 2 aromatic rings. The number of nitrogens with two attached hydrogens (primary N) is 1. The van der Waals surface area contributed by atoms with Crippen molar-refractivity contribution in [1.29, 1.82) is 0 Å². The molecule has 0 saturated carbocycles. The molecule has 1 heterocycles. The number of aryl methyl sites for hydroxylation is 2. The summed E-state index contributed by atoms with van der Waals surface area (Å²) in [6, 6.07) is 3.01. The minimum atomic E-state index is -0.596. The fraction of sp³-hybridized carbons (Fsp3) is 0.308. The summed E-state index contributed by atoms with van der Waals surface area (Å²) in [4.78, 5) is 0. The van der Waals surface area contributed by atoms with Crippen LogP contribution in [0, 0.1) is 11.6 Å². The standard InChI is InChI=1S/C13H15F2N3/c1-18-8-9(7-17-18)2-3-13(16)10-4-11(14)6-12(15)5-10/h4-8,13H,2-3,16H2,1H3. The summed E-state index contributed by atoms with van der Waals surface area (Å²) in [5.74, 6) is -1.19. The van der Waals surface area contributed by atoms with Crippen LogP contribution in [0.2, 0.25) is 0 Å². The maximum atomic E-state index is 13.0. The largest absolute Gasteiger partial charge is 0.324 e. The maximum absolute atomic E-state index is 13.0. The number of aromatic nitrogens is 2. The molecular weight excluding hydrogens is 236 g/mol. The highest BCUT2D eigenvalue weighted by Gasteiger charge is 2.10. The second-order valence-electron chi connectivity index (χ2n) is 4.37. The van der Waals surface area contributed by atoms with Crippen molar-refractivity contribution < 1.29 is 8.78 Å². The third-order valence-corrected chi connectivity index (χ3v) is 2.82. The summed E-state index contributed by atoms with van der Waals surface area (Å²) < 4.78 is 27.8. The van der Waals surface area contributed by atoms with Crippen molar-refractivity contribution in [3.63, 3.8) is 0 Å². The van der Waals surface area contributed by atoms with E-state index in [0.717, 1.165) is 18.1 Å². The van der Waals surface area contributed by atoms with Crippen molar-refractivity contribution >= 4 is 0 Å². The summed E-state index contributed by atoms with van der Waals surface area (Å²) in [6.07, 6.45) is 5.01. The molecule has 1 aromatic carbocycles. The van der Waals surface area contributed by atoms with Gasteiger partial charge in [-0.15, -0.1) is 0 Å². The van der Waals surface area contributed by atoms with Gasteiger partial charge in [0.2, 0.25) is 0 Å². The Labute approximate surface area is 104 Å². The predicted octanol–water partition coefficient (Wildman–Crippen LogP) is 2.33. The van der Waals surface area contributed by atoms with E-state index in [1.54, 1.807) is 10.9 Å². The van der Waals surface area contributed by atoms with Crippen LogP contribution in [0.3, 0.4) is 0 Å². The van der Waals surface area contributed by atoms with Gasteiger partial charge in [0.1, 0.15) is 11.6 Å². The molecule has 0 aliphatic rings. The van der Waals surface area contributed by atoms with Gasteiger partial charge in [0, 0.05) is 25.4 Å². The minimum Gasteiger partial charge on any atom is -0.324 e. The number of hydrogen-bond donors (Lipinski definition) is 1. The van der Waals surface area contributed by atoms with Gasteiger partial charge in [0.15, 0.2) is 0 Å². The van der Waals surface area contributed by atoms with Crippen LogP contribution in [-0.4, -0.2) is 9.78 Å². The third-order valence-electron chi connectivity index (χ3n) is 2.82. The molecule has 0 amide bonds. The van der Waals surface area contributed by atoms with E-state index in [1.165, 1.54) is 12.1 Å². The lowest BCUT2D eigenvalue weighted by molar-refractivity contribution is 0.567. The minimum absolute atomic E-state index is 0.379. The third kappa shape index (κ3) is 3.13. The normalized spacial score (nSPS) is 12.7. The molecule has 2 rings (SSSR count). The van der Waals surface area contributed by atoms with Gasteiger partial charge in [-0.25, -0.2) is 8.78 Å². The van der Waals surface area contributed by atoms with Crippen LogP contribution in [0.4, 0.5) is 8.78 Å². The molecule has 96 valence electrons. The first-order chi connectivity index (χ1) is 8.54. The van der Waals surface area contributed by atoms with E-state index in [9.17, 15) is 8.78 Å². The van der Waals surface area contributed by atoms with Crippen LogP contribution in [-0.2, 0) is 13.5 Å². The molecule has 1 aromatic heterocycles. The zero-order chi connectivity index (χ0) is 13.1. The maximum Gasteiger partial charge on any atom is 0.126 e. The quantitative estimate of drug-likeness (QED) is 0.906. The van der Waals surface area contributed by atoms with Crippen molar-refractivity contribution in [2.24, 2.45) is 12.8 Å². The topological polar surface area (TPSA) is 43.8 Å². The molecule has 3 nitrogen and oxygen atoms in total. The Morgan fingerprint density at radius 3 is 2.50 bits per heavy atom. The molecule has 0 radical (unpaired) electrons. The summed E-state index contributed by atoms with van der Waals surface area (Å²) in [7, 11) is 1.84. The van der Waals surface area contributed by atoms with Gasteiger partial charge in [-0.2, -0.15) is 5.10 Å². The van der Waals surface area contributed by atoms with Crippen molar-refractivity contribution in [2.45, 2.75) is 18.9 Å². The van der Waals surface area contributed by atoms with Gasteiger partial charge in [0.05, 0.1) is 6.20 Å². The van der Waals surface area contributed by atoms with Crippen LogP contribution in [0.25, 0.3) is 0 Å². The molecule has 0 aliphatic carbocycles. The van der Waals surface area contributed by atoms with Gasteiger partial charge in [-0.3, -0.25) is 4.68 Å². The van der Waals surface area contributed by atoms with Gasteiger partial charge in [0.25, 0.3) is 0 Å². The molecule has 1 atom stereocenters. The molecule has 2 N–H and O–H groups in total. The number of nitrogens with zero attached hydrogens (tertiary/aromatic N) is 2. The van der Waals surface area contributed by atoms with Crippen LogP contribution in [0.5, 0.6) is 0 Å². The second kappa shape index (κ2) is 5.27. The molecule has 0 fully saturated rings. The van der Waals surface area contributed by atoms with E-state index in [0.29, 0.717) is 12.0 Å². The highest BCUT2D eigenvalue weighted by atomic mass is 19.1. The summed E-state index contributed by atoms with van der Waals surface area (Å²) >= 11 is 0. The lowest BCUT2D eigenvalue weighted by atomic mass is 10.0. The lowest BCUT2D eigenvalue weighted by Crippen LogP contribution is -2.12. The Kier molecular flexibility index (Phi) is 3.72. The van der Waals surface area contributed by atoms with Crippen molar-refractivity contribution in [3.8, 4) is 0 Å². The number of hydrogen-bond acceptors (Lipinski definition) is 2. The average molecular weight is 251 g/mol. The summed E-state index contributed by atoms with van der Waals surface area (Å²) in [6.45, 7) is 0. The molecule has 0 saturated heterocycles. The average Bonchev–Trinajstić information content (AvgIpc) is 2.70. The first-order valence-electron chi connectivity index (χ1n) is 5.73. The van der Waals surface area contributed by atoms with Gasteiger partial charge in [-0.05, 0) is 36.1 Å². The number of benzene rings is 1. The molecule has 0 bridgehead atoms. The first kappa shape index (κ1) is 12.7. The number of rotatable bonds is 4. The van der Waals surface area contributed by atoms with E-state index in [2.05, 4.69) is 5.10 Å². The Morgan fingerprint density at radius 1 is 1.28 bits per heavy atom. The van der Waals surface area contributed by atoms with Gasteiger partial charge in [-0.1, -0.05) is 0 Å². The van der Waals surface area contributed by atoms with E-state index >= 15 is 0 Å². The Hall–Kier alpha value is -1.75. The van der Waals surface area contributed by atoms with Crippen LogP contribution >= 0.6 is 0 Å². The fourth-order valence-electron chi connectivity index (χ4n) is 1.88. The van der Waals surface area contributed by atoms with Crippen LogP contribution < -0.4 is 5.73 Å². The van der Waals surface area contributed by atoms with Crippen LogP contribution in [0.1, 0.15) is 23.6 Å². The monoisotopic (exact) mass is 251 g/mol. The van der Waals surface area contributed by atoms with Crippen molar-refractivity contribution in [2.75, 3.05) is 0 Å². The first-order valence-corrected chi connectivity index (χ1v) is 5.73. The van der Waals surface area contributed by atoms with Gasteiger partial charge >= 0.3 is 0 Å². The Bertz CT molecular complexity index is 517. The molecular formula is C13H15F2N3. The van der Waals surface area contributed by atoms with Gasteiger partial charge < -0.3 is 5.73 Å². The van der Waals surface area contributed by atoms with E-state index in [1.807, 2.05) is 13.2 Å². The highest BCUT2D eigenvalue weighted by Crippen LogP contribution is 2.19. The van der Waals surface area contributed by atoms with Crippen LogP contribution in [0.15, 0.2) is 30.6 Å². The second-order valence-corrected chi connectivity index (χ2v) is 4.37.